The summed E-state index contributed by atoms with van der Waals surface area (Å²) in [5.41, 5.74) is 0.767. The number of rotatable bonds is 7. The lowest BCUT2D eigenvalue weighted by molar-refractivity contribution is 0.197. The van der Waals surface area contributed by atoms with Crippen LogP contribution in [-0.4, -0.2) is 33.3 Å². The Labute approximate surface area is 114 Å². The van der Waals surface area contributed by atoms with E-state index in [0.717, 1.165) is 5.56 Å². The summed E-state index contributed by atoms with van der Waals surface area (Å²) >= 11 is 6.09. The number of alkyl halides is 1. The van der Waals surface area contributed by atoms with Crippen molar-refractivity contribution in [3.63, 3.8) is 0 Å². The molecule has 18 heavy (non-hydrogen) atoms. The molecule has 0 saturated heterocycles. The Balaban J connectivity index is 3.00. The first-order valence-electron chi connectivity index (χ1n) is 5.95. The highest BCUT2D eigenvalue weighted by atomic mass is 35.5. The topological polar surface area (TPSA) is 43.4 Å². The van der Waals surface area contributed by atoms with Crippen molar-refractivity contribution in [2.24, 2.45) is 0 Å². The van der Waals surface area contributed by atoms with E-state index in [9.17, 15) is 8.42 Å². The van der Waals surface area contributed by atoms with Crippen molar-refractivity contribution in [3.05, 3.63) is 29.8 Å². The molecule has 0 aliphatic rings. The van der Waals surface area contributed by atoms with Crippen LogP contribution >= 0.6 is 11.6 Å². The quantitative estimate of drug-likeness (QED) is 0.725. The maximum atomic E-state index is 12.1. The molecule has 1 atom stereocenters. The first-order chi connectivity index (χ1) is 8.51. The molecule has 0 N–H and O–H groups in total. The molecule has 0 fully saturated rings. The highest BCUT2D eigenvalue weighted by Gasteiger charge is 2.18. The van der Waals surface area contributed by atoms with Crippen LogP contribution in [0.4, 0.5) is 0 Å². The second-order valence-corrected chi connectivity index (χ2v) is 6.88. The zero-order valence-electron chi connectivity index (χ0n) is 10.7. The predicted octanol–water partition coefficient (Wildman–Crippen LogP) is 2.67. The van der Waals surface area contributed by atoms with Crippen LogP contribution in [0.2, 0.25) is 0 Å². The Kier molecular flexibility index (Phi) is 6.12. The maximum absolute atomic E-state index is 12.1. The first kappa shape index (κ1) is 15.5. The minimum absolute atomic E-state index is 0.168. The van der Waals surface area contributed by atoms with Gasteiger partial charge in [0.1, 0.15) is 0 Å². The first-order valence-corrected chi connectivity index (χ1v) is 8.03. The molecule has 5 heteroatoms. The molecule has 0 aliphatic heterocycles. The molecule has 0 saturated carbocycles. The van der Waals surface area contributed by atoms with Crippen molar-refractivity contribution in [2.45, 2.75) is 30.0 Å². The Bertz CT molecular complexity index is 471. The predicted molar refractivity (Wildman–Crippen MR) is 74.0 cm³/mol. The lowest BCUT2D eigenvalue weighted by Crippen LogP contribution is -2.15. The van der Waals surface area contributed by atoms with Crippen molar-refractivity contribution < 1.29 is 13.2 Å². The van der Waals surface area contributed by atoms with E-state index in [1.807, 2.05) is 19.1 Å². The van der Waals surface area contributed by atoms with Gasteiger partial charge >= 0.3 is 0 Å². The summed E-state index contributed by atoms with van der Waals surface area (Å²) in [5, 5.41) is -0.215. The van der Waals surface area contributed by atoms with E-state index in [1.165, 1.54) is 0 Å². The number of ether oxygens (including phenoxy) is 1. The number of halogens is 1. The Hall–Kier alpha value is -0.580. The number of methoxy groups -OCH3 is 1. The van der Waals surface area contributed by atoms with Crippen molar-refractivity contribution in [3.8, 4) is 0 Å². The molecule has 1 rings (SSSR count). The monoisotopic (exact) mass is 290 g/mol. The summed E-state index contributed by atoms with van der Waals surface area (Å²) in [4.78, 5) is 0.397. The van der Waals surface area contributed by atoms with Crippen LogP contribution in [0.15, 0.2) is 29.2 Å². The van der Waals surface area contributed by atoms with Crippen molar-refractivity contribution >= 4 is 21.4 Å². The van der Waals surface area contributed by atoms with Crippen molar-refractivity contribution in [1.82, 2.24) is 0 Å². The summed E-state index contributed by atoms with van der Waals surface area (Å²) in [6.45, 7) is 2.26. The molecule has 0 amide bonds. The van der Waals surface area contributed by atoms with Gasteiger partial charge in [0.15, 0.2) is 9.84 Å². The van der Waals surface area contributed by atoms with Gasteiger partial charge in [-0.1, -0.05) is 25.1 Å². The molecule has 1 aromatic rings. The minimum Gasteiger partial charge on any atom is -0.383 e. The van der Waals surface area contributed by atoms with E-state index < -0.39 is 9.84 Å². The highest BCUT2D eigenvalue weighted by molar-refractivity contribution is 7.91. The van der Waals surface area contributed by atoms with Crippen LogP contribution in [0.1, 0.15) is 18.9 Å². The molecule has 102 valence electrons. The normalized spacial score (nSPS) is 13.5. The molecular weight excluding hydrogens is 272 g/mol. The summed E-state index contributed by atoms with van der Waals surface area (Å²) in [6, 6.07) is 7.03. The molecular formula is C13H19ClO3S. The van der Waals surface area contributed by atoms with Crippen LogP contribution in [0, 0.1) is 0 Å². The van der Waals surface area contributed by atoms with E-state index in [2.05, 4.69) is 0 Å². The summed E-state index contributed by atoms with van der Waals surface area (Å²) in [7, 11) is -1.62. The number of hydrogen-bond acceptors (Lipinski definition) is 3. The summed E-state index contributed by atoms with van der Waals surface area (Å²) in [5.74, 6) is 0.168. The standard InChI is InChI=1S/C13H19ClO3S/c1-3-8-18(15,16)13-7-5-4-6-11(13)9-12(14)10-17-2/h4-7,12H,3,8-10H2,1-2H3. The lowest BCUT2D eigenvalue weighted by atomic mass is 10.1. The molecule has 0 spiro atoms. The zero-order chi connectivity index (χ0) is 13.6. The number of hydrogen-bond donors (Lipinski definition) is 0. The third-order valence-electron chi connectivity index (χ3n) is 2.57. The van der Waals surface area contributed by atoms with Gasteiger partial charge in [-0.3, -0.25) is 0 Å². The number of benzene rings is 1. The molecule has 0 heterocycles. The van der Waals surface area contributed by atoms with Crippen LogP contribution in [-0.2, 0) is 21.0 Å². The molecule has 1 aromatic carbocycles. The van der Waals surface area contributed by atoms with Gasteiger partial charge in [-0.05, 0) is 24.5 Å². The third-order valence-corrected chi connectivity index (χ3v) is 4.86. The average Bonchev–Trinajstić information content (AvgIpc) is 2.29. The van der Waals surface area contributed by atoms with Crippen LogP contribution in [0.25, 0.3) is 0 Å². The van der Waals surface area contributed by atoms with Gasteiger partial charge in [0.25, 0.3) is 0 Å². The fourth-order valence-corrected chi connectivity index (χ4v) is 3.72. The second kappa shape index (κ2) is 7.12. The van der Waals surface area contributed by atoms with E-state index in [4.69, 9.17) is 16.3 Å². The van der Waals surface area contributed by atoms with Crippen LogP contribution < -0.4 is 0 Å². The van der Waals surface area contributed by atoms with E-state index in [-0.39, 0.29) is 11.1 Å². The maximum Gasteiger partial charge on any atom is 0.178 e. The number of sulfone groups is 1. The molecule has 3 nitrogen and oxygen atoms in total. The SMILES string of the molecule is CCCS(=O)(=O)c1ccccc1CC(Cl)COC. The average molecular weight is 291 g/mol. The van der Waals surface area contributed by atoms with Gasteiger partial charge in [0, 0.05) is 7.11 Å². The van der Waals surface area contributed by atoms with E-state index in [0.29, 0.717) is 24.3 Å². The van der Waals surface area contributed by atoms with Gasteiger partial charge < -0.3 is 4.74 Å². The summed E-state index contributed by atoms with van der Waals surface area (Å²) in [6.07, 6.45) is 1.10. The van der Waals surface area contributed by atoms with Gasteiger partial charge in [-0.2, -0.15) is 0 Å². The molecule has 0 radical (unpaired) electrons. The summed E-state index contributed by atoms with van der Waals surface area (Å²) < 4.78 is 29.2. The third kappa shape index (κ3) is 4.26. The minimum atomic E-state index is -3.20. The van der Waals surface area contributed by atoms with E-state index in [1.54, 1.807) is 19.2 Å². The van der Waals surface area contributed by atoms with Crippen LogP contribution in [0.3, 0.4) is 0 Å². The van der Waals surface area contributed by atoms with Gasteiger partial charge in [-0.15, -0.1) is 11.6 Å². The van der Waals surface area contributed by atoms with Gasteiger partial charge in [-0.25, -0.2) is 8.42 Å². The van der Waals surface area contributed by atoms with Crippen molar-refractivity contribution in [2.75, 3.05) is 19.5 Å². The molecule has 0 aromatic heterocycles. The smallest absolute Gasteiger partial charge is 0.178 e. The molecule has 0 aliphatic carbocycles. The van der Waals surface area contributed by atoms with E-state index >= 15 is 0 Å². The molecule has 1 unspecified atom stereocenters. The second-order valence-electron chi connectivity index (χ2n) is 4.18. The van der Waals surface area contributed by atoms with Gasteiger partial charge in [0.2, 0.25) is 0 Å². The zero-order valence-corrected chi connectivity index (χ0v) is 12.3. The largest absolute Gasteiger partial charge is 0.383 e. The Morgan fingerprint density at radius 3 is 2.61 bits per heavy atom. The van der Waals surface area contributed by atoms with Gasteiger partial charge in [0.05, 0.1) is 22.6 Å². The van der Waals surface area contributed by atoms with Crippen LogP contribution in [0.5, 0.6) is 0 Å². The Morgan fingerprint density at radius 1 is 1.33 bits per heavy atom. The van der Waals surface area contributed by atoms with Crippen molar-refractivity contribution in [1.29, 1.82) is 0 Å². The molecule has 0 bridgehead atoms. The fraction of sp³-hybridized carbons (Fsp3) is 0.538. The highest BCUT2D eigenvalue weighted by Crippen LogP contribution is 2.20. The Morgan fingerprint density at radius 2 is 2.00 bits per heavy atom. The lowest BCUT2D eigenvalue weighted by Gasteiger charge is -2.12. The fourth-order valence-electron chi connectivity index (χ4n) is 1.83.